The molecule has 1 saturated heterocycles. The van der Waals surface area contributed by atoms with Gasteiger partial charge in [0.2, 0.25) is 0 Å². The van der Waals surface area contributed by atoms with E-state index in [0.717, 1.165) is 32.4 Å². The first-order valence-electron chi connectivity index (χ1n) is 9.08. The van der Waals surface area contributed by atoms with E-state index in [4.69, 9.17) is 4.74 Å². The van der Waals surface area contributed by atoms with Crippen molar-refractivity contribution in [2.45, 2.75) is 65.5 Å². The standard InChI is InChI=1S/C17H23NO2.C3H8/c1-12-7-8-16(20-11-12)17(19)18-10-9-14-5-3-4-6-15(14)13(18)2;1-3-2/h3-6,12-13,16H,7-11H2,1-2H3;3H2,1-2H3/t12?,13-,16+;/m0./s1. The van der Waals surface area contributed by atoms with Crippen LogP contribution in [0.1, 0.15) is 64.1 Å². The van der Waals surface area contributed by atoms with E-state index >= 15 is 0 Å². The van der Waals surface area contributed by atoms with Crippen LogP contribution in [0.25, 0.3) is 0 Å². The van der Waals surface area contributed by atoms with Crippen LogP contribution in [0.4, 0.5) is 0 Å². The van der Waals surface area contributed by atoms with Gasteiger partial charge in [-0.3, -0.25) is 4.79 Å². The third-order valence-electron chi connectivity index (χ3n) is 4.66. The highest BCUT2D eigenvalue weighted by atomic mass is 16.5. The fourth-order valence-corrected chi connectivity index (χ4v) is 3.34. The number of hydrogen-bond acceptors (Lipinski definition) is 2. The molecule has 3 nitrogen and oxygen atoms in total. The molecule has 2 heterocycles. The Morgan fingerprint density at radius 3 is 2.57 bits per heavy atom. The number of nitrogens with zero attached hydrogens (tertiary/aromatic N) is 1. The predicted octanol–water partition coefficient (Wildman–Crippen LogP) is 4.36. The molecule has 3 atom stereocenters. The second-order valence-electron chi connectivity index (χ2n) is 6.87. The molecule has 23 heavy (non-hydrogen) atoms. The molecule has 0 N–H and O–H groups in total. The van der Waals surface area contributed by atoms with Crippen LogP contribution in [0.15, 0.2) is 24.3 Å². The summed E-state index contributed by atoms with van der Waals surface area (Å²) in [4.78, 5) is 14.7. The summed E-state index contributed by atoms with van der Waals surface area (Å²) < 4.78 is 5.75. The monoisotopic (exact) mass is 317 g/mol. The van der Waals surface area contributed by atoms with Crippen LogP contribution in [0.5, 0.6) is 0 Å². The van der Waals surface area contributed by atoms with Crippen molar-refractivity contribution in [1.82, 2.24) is 4.90 Å². The molecule has 3 rings (SSSR count). The Kier molecular flexibility index (Phi) is 6.64. The van der Waals surface area contributed by atoms with Crippen molar-refractivity contribution in [1.29, 1.82) is 0 Å². The molecule has 1 aromatic rings. The van der Waals surface area contributed by atoms with Crippen LogP contribution in [-0.2, 0) is 16.0 Å². The Labute approximate surface area is 141 Å². The van der Waals surface area contributed by atoms with Crippen molar-refractivity contribution in [3.8, 4) is 0 Å². The maximum atomic E-state index is 12.7. The number of fused-ring (bicyclic) bond motifs is 1. The van der Waals surface area contributed by atoms with E-state index in [-0.39, 0.29) is 18.1 Å². The van der Waals surface area contributed by atoms with Gasteiger partial charge >= 0.3 is 0 Å². The lowest BCUT2D eigenvalue weighted by molar-refractivity contribution is -0.150. The summed E-state index contributed by atoms with van der Waals surface area (Å²) in [6, 6.07) is 8.61. The lowest BCUT2D eigenvalue weighted by Crippen LogP contribution is -2.46. The molecule has 1 unspecified atom stereocenters. The number of benzene rings is 1. The first-order chi connectivity index (χ1) is 11.1. The summed E-state index contributed by atoms with van der Waals surface area (Å²) in [5.74, 6) is 0.762. The number of ether oxygens (including phenoxy) is 1. The Morgan fingerprint density at radius 2 is 1.91 bits per heavy atom. The van der Waals surface area contributed by atoms with Crippen LogP contribution < -0.4 is 0 Å². The van der Waals surface area contributed by atoms with Gasteiger partial charge in [0, 0.05) is 6.54 Å². The zero-order valence-electron chi connectivity index (χ0n) is 15.0. The van der Waals surface area contributed by atoms with E-state index in [1.165, 1.54) is 17.5 Å². The maximum Gasteiger partial charge on any atom is 0.252 e. The Morgan fingerprint density at radius 1 is 1.22 bits per heavy atom. The molecule has 1 aromatic carbocycles. The van der Waals surface area contributed by atoms with Crippen molar-refractivity contribution >= 4 is 5.91 Å². The van der Waals surface area contributed by atoms with Crippen molar-refractivity contribution in [2.75, 3.05) is 13.2 Å². The number of carbonyl (C=O) groups is 1. The Bertz CT molecular complexity index is 506. The summed E-state index contributed by atoms with van der Waals surface area (Å²) >= 11 is 0. The molecule has 128 valence electrons. The van der Waals surface area contributed by atoms with Crippen molar-refractivity contribution in [3.05, 3.63) is 35.4 Å². The number of rotatable bonds is 1. The minimum Gasteiger partial charge on any atom is -0.368 e. The quantitative estimate of drug-likeness (QED) is 0.770. The average Bonchev–Trinajstić information content (AvgIpc) is 2.56. The molecule has 2 aliphatic rings. The molecule has 0 aliphatic carbocycles. The SMILES string of the molecule is CC1CC[C@H](C(=O)N2CCc3ccccc3[C@@H]2C)OC1.CCC. The molecule has 0 radical (unpaired) electrons. The van der Waals surface area contributed by atoms with Crippen LogP contribution in [0.2, 0.25) is 0 Å². The van der Waals surface area contributed by atoms with Gasteiger partial charge in [-0.05, 0) is 43.2 Å². The van der Waals surface area contributed by atoms with Gasteiger partial charge in [-0.25, -0.2) is 0 Å². The van der Waals surface area contributed by atoms with Crippen LogP contribution in [0, 0.1) is 5.92 Å². The molecule has 1 fully saturated rings. The smallest absolute Gasteiger partial charge is 0.252 e. The Balaban J connectivity index is 0.000000595. The summed E-state index contributed by atoms with van der Waals surface area (Å²) in [5, 5.41) is 0. The summed E-state index contributed by atoms with van der Waals surface area (Å²) in [6.07, 6.45) is 3.94. The summed E-state index contributed by atoms with van der Waals surface area (Å²) in [7, 11) is 0. The van der Waals surface area contributed by atoms with Gasteiger partial charge in [0.1, 0.15) is 6.10 Å². The number of carbonyl (C=O) groups excluding carboxylic acids is 1. The summed E-state index contributed by atoms with van der Waals surface area (Å²) in [6.45, 7) is 10.1. The third-order valence-corrected chi connectivity index (χ3v) is 4.66. The van der Waals surface area contributed by atoms with Crippen LogP contribution >= 0.6 is 0 Å². The first-order valence-corrected chi connectivity index (χ1v) is 9.08. The number of hydrogen-bond donors (Lipinski definition) is 0. The van der Waals surface area contributed by atoms with Gasteiger partial charge in [0.25, 0.3) is 5.91 Å². The van der Waals surface area contributed by atoms with Gasteiger partial charge in [0.05, 0.1) is 12.6 Å². The molecule has 3 heteroatoms. The van der Waals surface area contributed by atoms with E-state index in [1.54, 1.807) is 0 Å². The zero-order valence-corrected chi connectivity index (χ0v) is 15.0. The van der Waals surface area contributed by atoms with Crippen LogP contribution in [-0.4, -0.2) is 30.1 Å². The Hall–Kier alpha value is -1.35. The number of amides is 1. The third kappa shape index (κ3) is 4.35. The highest BCUT2D eigenvalue weighted by Gasteiger charge is 2.34. The minimum absolute atomic E-state index is 0.162. The van der Waals surface area contributed by atoms with Crippen LogP contribution in [0.3, 0.4) is 0 Å². The normalized spacial score (nSPS) is 26.8. The fraction of sp³-hybridized carbons (Fsp3) is 0.650. The molecule has 0 aromatic heterocycles. The molecule has 1 amide bonds. The van der Waals surface area contributed by atoms with Gasteiger partial charge < -0.3 is 9.64 Å². The van der Waals surface area contributed by atoms with Gasteiger partial charge in [-0.2, -0.15) is 0 Å². The van der Waals surface area contributed by atoms with E-state index in [9.17, 15) is 4.79 Å². The van der Waals surface area contributed by atoms with Crippen molar-refractivity contribution in [2.24, 2.45) is 5.92 Å². The lowest BCUT2D eigenvalue weighted by atomic mass is 9.92. The average molecular weight is 317 g/mol. The highest BCUT2D eigenvalue weighted by molar-refractivity contribution is 5.81. The van der Waals surface area contributed by atoms with E-state index in [2.05, 4.69) is 52.0 Å². The maximum absolute atomic E-state index is 12.7. The first kappa shape index (κ1) is 18.0. The van der Waals surface area contributed by atoms with Gasteiger partial charge in [-0.1, -0.05) is 51.5 Å². The fourth-order valence-electron chi connectivity index (χ4n) is 3.34. The second kappa shape index (κ2) is 8.49. The van der Waals surface area contributed by atoms with E-state index in [0.29, 0.717) is 5.92 Å². The zero-order chi connectivity index (χ0) is 16.8. The lowest BCUT2D eigenvalue weighted by Gasteiger charge is -2.38. The molecular weight excluding hydrogens is 286 g/mol. The molecular formula is C20H31NO2. The van der Waals surface area contributed by atoms with Gasteiger partial charge in [-0.15, -0.1) is 0 Å². The molecule has 0 spiro atoms. The van der Waals surface area contributed by atoms with E-state index in [1.807, 2.05) is 4.90 Å². The second-order valence-corrected chi connectivity index (χ2v) is 6.87. The topological polar surface area (TPSA) is 29.5 Å². The van der Waals surface area contributed by atoms with E-state index < -0.39 is 0 Å². The predicted molar refractivity (Wildman–Crippen MR) is 94.4 cm³/mol. The minimum atomic E-state index is -0.223. The largest absolute Gasteiger partial charge is 0.368 e. The molecule has 2 aliphatic heterocycles. The molecule has 0 saturated carbocycles. The summed E-state index contributed by atoms with van der Waals surface area (Å²) in [5.41, 5.74) is 2.67. The van der Waals surface area contributed by atoms with Gasteiger partial charge in [0.15, 0.2) is 0 Å². The molecule has 0 bridgehead atoms. The highest BCUT2D eigenvalue weighted by Crippen LogP contribution is 2.31. The van der Waals surface area contributed by atoms with Crippen molar-refractivity contribution in [3.63, 3.8) is 0 Å². The van der Waals surface area contributed by atoms with Crippen molar-refractivity contribution < 1.29 is 9.53 Å².